The van der Waals surface area contributed by atoms with Crippen molar-refractivity contribution in [2.45, 2.75) is 13.5 Å². The van der Waals surface area contributed by atoms with E-state index in [1.54, 1.807) is 32.2 Å². The molecular weight excluding hydrogens is 386 g/mol. The Hall–Kier alpha value is -2.44. The smallest absolute Gasteiger partial charge is 0.293 e. The molecule has 0 bridgehead atoms. The summed E-state index contributed by atoms with van der Waals surface area (Å²) in [6.45, 7) is 2.44. The van der Waals surface area contributed by atoms with Crippen molar-refractivity contribution in [3.63, 3.8) is 0 Å². The lowest BCUT2D eigenvalue weighted by Crippen LogP contribution is -2.27. The van der Waals surface area contributed by atoms with Gasteiger partial charge in [-0.05, 0) is 48.5 Å². The summed E-state index contributed by atoms with van der Waals surface area (Å²) in [5, 5.41) is 0.389. The molecule has 2 aromatic rings. The number of likely N-dealkylation sites (N-methyl/N-ethyl adjacent to an activating group) is 1. The van der Waals surface area contributed by atoms with Gasteiger partial charge in [0.25, 0.3) is 11.1 Å². The van der Waals surface area contributed by atoms with E-state index in [0.29, 0.717) is 34.6 Å². The van der Waals surface area contributed by atoms with Crippen LogP contribution in [0.15, 0.2) is 47.4 Å². The Bertz CT molecular complexity index is 913. The third-order valence-corrected chi connectivity index (χ3v) is 5.29. The first-order valence-corrected chi connectivity index (χ1v) is 9.52. The van der Waals surface area contributed by atoms with Crippen molar-refractivity contribution in [2.75, 3.05) is 13.7 Å². The number of amides is 2. The zero-order valence-electron chi connectivity index (χ0n) is 14.9. The zero-order valence-corrected chi connectivity index (χ0v) is 16.5. The topological polar surface area (TPSA) is 55.8 Å². The van der Waals surface area contributed by atoms with Gasteiger partial charge in [-0.1, -0.05) is 35.9 Å². The number of carbonyl (C=O) groups excluding carboxylic acids is 2. The van der Waals surface area contributed by atoms with Crippen LogP contribution < -0.4 is 9.47 Å². The molecule has 0 aromatic heterocycles. The van der Waals surface area contributed by atoms with E-state index >= 15 is 0 Å². The number of benzene rings is 2. The second-order valence-corrected chi connectivity index (χ2v) is 7.12. The van der Waals surface area contributed by atoms with E-state index in [0.717, 1.165) is 22.9 Å². The maximum absolute atomic E-state index is 12.2. The molecule has 1 aliphatic rings. The molecular formula is C20H18ClNO4S. The van der Waals surface area contributed by atoms with Gasteiger partial charge in [0.2, 0.25) is 0 Å². The number of methoxy groups -OCH3 is 1. The molecule has 1 saturated heterocycles. The Kier molecular flexibility index (Phi) is 6.08. The lowest BCUT2D eigenvalue weighted by molar-refractivity contribution is -0.122. The van der Waals surface area contributed by atoms with E-state index in [9.17, 15) is 9.59 Å². The van der Waals surface area contributed by atoms with E-state index in [-0.39, 0.29) is 11.1 Å². The van der Waals surface area contributed by atoms with Gasteiger partial charge in [-0.3, -0.25) is 14.5 Å². The summed E-state index contributed by atoms with van der Waals surface area (Å²) in [4.78, 5) is 25.6. The lowest BCUT2D eigenvalue weighted by atomic mass is 10.1. The Balaban J connectivity index is 1.79. The molecule has 1 heterocycles. The Labute approximate surface area is 166 Å². The van der Waals surface area contributed by atoms with Crippen LogP contribution in [-0.4, -0.2) is 29.7 Å². The number of halogens is 1. The van der Waals surface area contributed by atoms with E-state index < -0.39 is 0 Å². The van der Waals surface area contributed by atoms with Gasteiger partial charge in [-0.2, -0.15) is 0 Å². The number of imide groups is 1. The number of thioether (sulfide) groups is 1. The maximum atomic E-state index is 12.2. The van der Waals surface area contributed by atoms with Crippen LogP contribution in [0.2, 0.25) is 5.02 Å². The third kappa shape index (κ3) is 4.28. The molecule has 2 aromatic carbocycles. The molecule has 0 aliphatic carbocycles. The highest BCUT2D eigenvalue weighted by atomic mass is 35.5. The summed E-state index contributed by atoms with van der Waals surface area (Å²) in [6, 6.07) is 12.8. The van der Waals surface area contributed by atoms with Crippen LogP contribution in [0.5, 0.6) is 11.5 Å². The van der Waals surface area contributed by atoms with Gasteiger partial charge in [-0.15, -0.1) is 0 Å². The minimum absolute atomic E-state index is 0.250. The maximum Gasteiger partial charge on any atom is 0.293 e. The molecule has 27 heavy (non-hydrogen) atoms. The first-order valence-electron chi connectivity index (χ1n) is 8.33. The minimum Gasteiger partial charge on any atom is -0.493 e. The third-order valence-electron chi connectivity index (χ3n) is 4.02. The van der Waals surface area contributed by atoms with Crippen LogP contribution in [0, 0.1) is 0 Å². The number of rotatable bonds is 6. The number of hydrogen-bond acceptors (Lipinski definition) is 5. The Morgan fingerprint density at radius 1 is 1.15 bits per heavy atom. The minimum atomic E-state index is -0.273. The van der Waals surface area contributed by atoms with Gasteiger partial charge < -0.3 is 9.47 Å². The highest BCUT2D eigenvalue weighted by molar-refractivity contribution is 8.18. The normalized spacial score (nSPS) is 15.5. The van der Waals surface area contributed by atoms with Crippen molar-refractivity contribution in [3.05, 3.63) is 63.5 Å². The van der Waals surface area contributed by atoms with Crippen LogP contribution in [0.4, 0.5) is 4.79 Å². The van der Waals surface area contributed by atoms with Gasteiger partial charge >= 0.3 is 0 Å². The SMILES string of the molecule is CCN1C(=O)SC(=Cc2ccc(OCc3ccccc3Cl)c(OC)c2)C1=O. The molecule has 0 N–H and O–H groups in total. The fourth-order valence-electron chi connectivity index (χ4n) is 2.59. The lowest BCUT2D eigenvalue weighted by Gasteiger charge is -2.12. The van der Waals surface area contributed by atoms with Crippen molar-refractivity contribution >= 4 is 40.6 Å². The molecule has 1 aliphatic heterocycles. The summed E-state index contributed by atoms with van der Waals surface area (Å²) in [5.74, 6) is 0.826. The second kappa shape index (κ2) is 8.50. The van der Waals surface area contributed by atoms with E-state index in [1.807, 2.05) is 30.3 Å². The molecule has 7 heteroatoms. The van der Waals surface area contributed by atoms with E-state index in [2.05, 4.69) is 0 Å². The van der Waals surface area contributed by atoms with Crippen LogP contribution >= 0.6 is 23.4 Å². The molecule has 0 spiro atoms. The van der Waals surface area contributed by atoms with Crippen molar-refractivity contribution in [1.82, 2.24) is 4.90 Å². The van der Waals surface area contributed by atoms with Crippen molar-refractivity contribution < 1.29 is 19.1 Å². The molecule has 5 nitrogen and oxygen atoms in total. The van der Waals surface area contributed by atoms with Crippen molar-refractivity contribution in [3.8, 4) is 11.5 Å². The van der Waals surface area contributed by atoms with E-state index in [1.165, 1.54) is 4.90 Å². The average molecular weight is 404 g/mol. The fraction of sp³-hybridized carbons (Fsp3) is 0.200. The molecule has 1 fully saturated rings. The summed E-state index contributed by atoms with van der Waals surface area (Å²) < 4.78 is 11.2. The van der Waals surface area contributed by atoms with Crippen molar-refractivity contribution in [2.24, 2.45) is 0 Å². The summed E-state index contributed by atoms with van der Waals surface area (Å²) in [7, 11) is 1.55. The first-order chi connectivity index (χ1) is 13.0. The monoisotopic (exact) mass is 403 g/mol. The average Bonchev–Trinajstić information content (AvgIpc) is 2.94. The summed E-state index contributed by atoms with van der Waals surface area (Å²) >= 11 is 7.09. The number of hydrogen-bond donors (Lipinski definition) is 0. The number of ether oxygens (including phenoxy) is 2. The quantitative estimate of drug-likeness (QED) is 0.636. The van der Waals surface area contributed by atoms with Crippen LogP contribution in [-0.2, 0) is 11.4 Å². The summed E-state index contributed by atoms with van der Waals surface area (Å²) in [5.41, 5.74) is 1.62. The van der Waals surface area contributed by atoms with Crippen molar-refractivity contribution in [1.29, 1.82) is 0 Å². The highest BCUT2D eigenvalue weighted by Gasteiger charge is 2.33. The summed E-state index contributed by atoms with van der Waals surface area (Å²) in [6.07, 6.45) is 1.68. The Morgan fingerprint density at radius 2 is 1.93 bits per heavy atom. The second-order valence-electron chi connectivity index (χ2n) is 5.72. The molecule has 0 unspecified atom stereocenters. The first kappa shape index (κ1) is 19.3. The van der Waals surface area contributed by atoms with Crippen LogP contribution in [0.25, 0.3) is 6.08 Å². The predicted molar refractivity (Wildman–Crippen MR) is 107 cm³/mol. The van der Waals surface area contributed by atoms with E-state index in [4.69, 9.17) is 21.1 Å². The molecule has 0 radical (unpaired) electrons. The fourth-order valence-corrected chi connectivity index (χ4v) is 3.68. The van der Waals surface area contributed by atoms with Gasteiger partial charge in [0, 0.05) is 17.1 Å². The highest BCUT2D eigenvalue weighted by Crippen LogP contribution is 2.34. The molecule has 0 saturated carbocycles. The van der Waals surface area contributed by atoms with Gasteiger partial charge in [0.05, 0.1) is 12.0 Å². The van der Waals surface area contributed by atoms with Crippen LogP contribution in [0.1, 0.15) is 18.1 Å². The largest absolute Gasteiger partial charge is 0.493 e. The molecule has 140 valence electrons. The molecule has 2 amide bonds. The van der Waals surface area contributed by atoms with Gasteiger partial charge in [-0.25, -0.2) is 0 Å². The zero-order chi connectivity index (χ0) is 19.4. The number of nitrogens with zero attached hydrogens (tertiary/aromatic N) is 1. The van der Waals surface area contributed by atoms with Gasteiger partial charge in [0.15, 0.2) is 11.5 Å². The van der Waals surface area contributed by atoms with Gasteiger partial charge in [0.1, 0.15) is 6.61 Å². The Morgan fingerprint density at radius 3 is 2.59 bits per heavy atom. The molecule has 0 atom stereocenters. The molecule has 3 rings (SSSR count). The number of carbonyl (C=O) groups is 2. The van der Waals surface area contributed by atoms with Crippen LogP contribution in [0.3, 0.4) is 0 Å². The predicted octanol–water partition coefficient (Wildman–Crippen LogP) is 4.98. The standard InChI is InChI=1S/C20H18ClNO4S/c1-3-22-19(23)18(27-20(22)24)11-13-8-9-16(17(10-13)25-2)26-12-14-6-4-5-7-15(14)21/h4-11H,3,12H2,1-2H3.